The van der Waals surface area contributed by atoms with Gasteiger partial charge in [0.05, 0.1) is 6.10 Å². The minimum atomic E-state index is -0.237. The molecule has 16 heavy (non-hydrogen) atoms. The zero-order chi connectivity index (χ0) is 11.5. The van der Waals surface area contributed by atoms with Crippen molar-refractivity contribution in [1.82, 2.24) is 4.98 Å². The molecular weight excluding hydrogens is 198 g/mol. The van der Waals surface area contributed by atoms with E-state index in [4.69, 9.17) is 0 Å². The molecule has 1 atom stereocenters. The number of aliphatic hydroxyl groups is 1. The van der Waals surface area contributed by atoms with Gasteiger partial charge in [0.2, 0.25) is 0 Å². The van der Waals surface area contributed by atoms with Crippen molar-refractivity contribution < 1.29 is 5.11 Å². The zero-order valence-corrected chi connectivity index (χ0v) is 9.90. The summed E-state index contributed by atoms with van der Waals surface area (Å²) >= 11 is 0. The number of aromatic amines is 1. The molecule has 1 aromatic heterocycles. The van der Waals surface area contributed by atoms with E-state index in [9.17, 15) is 5.11 Å². The highest BCUT2D eigenvalue weighted by molar-refractivity contribution is 5.83. The van der Waals surface area contributed by atoms with Crippen LogP contribution in [0.3, 0.4) is 0 Å². The van der Waals surface area contributed by atoms with Crippen LogP contribution in [0.5, 0.6) is 0 Å². The monoisotopic (exact) mass is 217 g/mol. The lowest BCUT2D eigenvalue weighted by Gasteiger charge is -2.12. The number of hydrogen-bond acceptors (Lipinski definition) is 1. The number of aromatic nitrogens is 1. The lowest BCUT2D eigenvalue weighted by atomic mass is 9.99. The molecule has 2 N–H and O–H groups in total. The average molecular weight is 217 g/mol. The molecule has 0 amide bonds. The van der Waals surface area contributed by atoms with Gasteiger partial charge in [-0.2, -0.15) is 0 Å². The van der Waals surface area contributed by atoms with Crippen LogP contribution in [0.25, 0.3) is 10.9 Å². The highest BCUT2D eigenvalue weighted by Gasteiger charge is 2.10. The van der Waals surface area contributed by atoms with E-state index in [1.165, 1.54) is 10.9 Å². The number of H-pyrrole nitrogens is 1. The average Bonchev–Trinajstić information content (AvgIpc) is 2.61. The molecule has 0 aliphatic heterocycles. The molecule has 86 valence electrons. The molecule has 0 aliphatic carbocycles. The fourth-order valence-corrected chi connectivity index (χ4v) is 2.18. The minimum Gasteiger partial charge on any atom is -0.393 e. The van der Waals surface area contributed by atoms with Crippen LogP contribution in [0.1, 0.15) is 25.8 Å². The van der Waals surface area contributed by atoms with E-state index in [0.29, 0.717) is 5.92 Å². The van der Waals surface area contributed by atoms with Gasteiger partial charge in [0.1, 0.15) is 0 Å². The summed E-state index contributed by atoms with van der Waals surface area (Å²) in [6.45, 7) is 4.27. The molecule has 0 saturated heterocycles. The highest BCUT2D eigenvalue weighted by Crippen LogP contribution is 2.20. The van der Waals surface area contributed by atoms with Gasteiger partial charge in [-0.25, -0.2) is 0 Å². The first-order valence-electron chi connectivity index (χ1n) is 5.90. The molecule has 1 heterocycles. The summed E-state index contributed by atoms with van der Waals surface area (Å²) in [6, 6.07) is 8.22. The highest BCUT2D eigenvalue weighted by atomic mass is 16.3. The van der Waals surface area contributed by atoms with Crippen LogP contribution in [-0.2, 0) is 6.42 Å². The summed E-state index contributed by atoms with van der Waals surface area (Å²) in [5.74, 6) is 0.542. The Labute approximate surface area is 96.3 Å². The van der Waals surface area contributed by atoms with E-state index in [0.717, 1.165) is 18.4 Å². The van der Waals surface area contributed by atoms with E-state index in [-0.39, 0.29) is 6.10 Å². The predicted octanol–water partition coefficient (Wildman–Crippen LogP) is 3.12. The Morgan fingerprint density at radius 2 is 2.00 bits per heavy atom. The second-order valence-electron chi connectivity index (χ2n) is 4.85. The van der Waals surface area contributed by atoms with Crippen LogP contribution >= 0.6 is 0 Å². The minimum absolute atomic E-state index is 0.237. The van der Waals surface area contributed by atoms with Gasteiger partial charge >= 0.3 is 0 Å². The van der Waals surface area contributed by atoms with Gasteiger partial charge in [-0.15, -0.1) is 0 Å². The van der Waals surface area contributed by atoms with Gasteiger partial charge < -0.3 is 10.1 Å². The van der Waals surface area contributed by atoms with Gasteiger partial charge in [0, 0.05) is 23.5 Å². The fourth-order valence-electron chi connectivity index (χ4n) is 2.18. The van der Waals surface area contributed by atoms with E-state index < -0.39 is 0 Å². The van der Waals surface area contributed by atoms with E-state index >= 15 is 0 Å². The molecule has 0 aliphatic rings. The van der Waals surface area contributed by atoms with Crippen molar-refractivity contribution in [2.75, 3.05) is 0 Å². The molecule has 0 bridgehead atoms. The summed E-state index contributed by atoms with van der Waals surface area (Å²) in [6.07, 6.45) is 3.37. The van der Waals surface area contributed by atoms with Gasteiger partial charge in [0.25, 0.3) is 0 Å². The van der Waals surface area contributed by atoms with E-state index in [1.807, 2.05) is 18.3 Å². The molecule has 0 fully saturated rings. The molecular formula is C14H19NO. The van der Waals surface area contributed by atoms with E-state index in [1.54, 1.807) is 0 Å². The number of para-hydroxylation sites is 1. The van der Waals surface area contributed by atoms with E-state index in [2.05, 4.69) is 31.0 Å². The molecule has 0 saturated carbocycles. The van der Waals surface area contributed by atoms with Crippen LogP contribution in [0.15, 0.2) is 30.5 Å². The Morgan fingerprint density at radius 1 is 1.25 bits per heavy atom. The van der Waals surface area contributed by atoms with Gasteiger partial charge in [0.15, 0.2) is 0 Å². The second kappa shape index (κ2) is 4.71. The van der Waals surface area contributed by atoms with Gasteiger partial charge in [-0.3, -0.25) is 0 Å². The third-order valence-electron chi connectivity index (χ3n) is 2.87. The lowest BCUT2D eigenvalue weighted by Crippen LogP contribution is -2.13. The lowest BCUT2D eigenvalue weighted by molar-refractivity contribution is 0.149. The summed E-state index contributed by atoms with van der Waals surface area (Å²) in [7, 11) is 0. The number of aliphatic hydroxyl groups excluding tert-OH is 1. The third kappa shape index (κ3) is 2.45. The first kappa shape index (κ1) is 11.2. The zero-order valence-electron chi connectivity index (χ0n) is 9.90. The molecule has 2 nitrogen and oxygen atoms in total. The maximum Gasteiger partial charge on any atom is 0.0583 e. The number of fused-ring (bicyclic) bond motifs is 1. The normalized spacial score (nSPS) is 13.5. The van der Waals surface area contributed by atoms with Crippen LogP contribution < -0.4 is 0 Å². The number of benzene rings is 1. The number of hydrogen-bond donors (Lipinski definition) is 2. The van der Waals surface area contributed by atoms with Gasteiger partial charge in [-0.05, 0) is 24.0 Å². The van der Waals surface area contributed by atoms with Crippen molar-refractivity contribution in [2.24, 2.45) is 5.92 Å². The molecule has 2 heteroatoms. The Balaban J connectivity index is 2.15. The van der Waals surface area contributed by atoms with Crippen molar-refractivity contribution in [2.45, 2.75) is 32.8 Å². The van der Waals surface area contributed by atoms with Crippen molar-refractivity contribution in [3.63, 3.8) is 0 Å². The van der Waals surface area contributed by atoms with Crippen LogP contribution in [-0.4, -0.2) is 16.2 Å². The second-order valence-corrected chi connectivity index (χ2v) is 4.85. The van der Waals surface area contributed by atoms with Crippen molar-refractivity contribution >= 4 is 10.9 Å². The predicted molar refractivity (Wildman–Crippen MR) is 67.5 cm³/mol. The largest absolute Gasteiger partial charge is 0.393 e. The third-order valence-corrected chi connectivity index (χ3v) is 2.87. The molecule has 0 spiro atoms. The molecule has 0 radical (unpaired) electrons. The Bertz CT molecular complexity index is 458. The number of nitrogens with one attached hydrogen (secondary N) is 1. The smallest absolute Gasteiger partial charge is 0.0583 e. The number of rotatable bonds is 4. The molecule has 2 rings (SSSR count). The summed E-state index contributed by atoms with van der Waals surface area (Å²) in [5.41, 5.74) is 2.36. The maximum atomic E-state index is 9.94. The molecule has 1 unspecified atom stereocenters. The van der Waals surface area contributed by atoms with Crippen LogP contribution in [0.4, 0.5) is 0 Å². The van der Waals surface area contributed by atoms with Crippen molar-refractivity contribution in [1.29, 1.82) is 0 Å². The van der Waals surface area contributed by atoms with Crippen LogP contribution in [0, 0.1) is 5.92 Å². The Kier molecular flexibility index (Phi) is 3.30. The quantitative estimate of drug-likeness (QED) is 0.811. The van der Waals surface area contributed by atoms with Crippen molar-refractivity contribution in [3.8, 4) is 0 Å². The standard InChI is InChI=1S/C14H19NO/c1-10(2)7-12(16)8-11-9-15-14-6-4-3-5-13(11)14/h3-6,9-10,12,15-16H,7-8H2,1-2H3. The Morgan fingerprint density at radius 3 is 2.75 bits per heavy atom. The maximum absolute atomic E-state index is 9.94. The summed E-state index contributed by atoms with van der Waals surface area (Å²) in [5, 5.41) is 11.2. The fraction of sp³-hybridized carbons (Fsp3) is 0.429. The first-order chi connectivity index (χ1) is 7.66. The summed E-state index contributed by atoms with van der Waals surface area (Å²) < 4.78 is 0. The van der Waals surface area contributed by atoms with Crippen molar-refractivity contribution in [3.05, 3.63) is 36.0 Å². The SMILES string of the molecule is CC(C)CC(O)Cc1c[nH]c2ccccc12. The Hall–Kier alpha value is -1.28. The molecule has 2 aromatic rings. The van der Waals surface area contributed by atoms with Crippen LogP contribution in [0.2, 0.25) is 0 Å². The topological polar surface area (TPSA) is 36.0 Å². The summed E-state index contributed by atoms with van der Waals surface area (Å²) in [4.78, 5) is 3.24. The molecule has 1 aromatic carbocycles. The first-order valence-corrected chi connectivity index (χ1v) is 5.90. The van der Waals surface area contributed by atoms with Gasteiger partial charge in [-0.1, -0.05) is 32.0 Å².